The largest absolute Gasteiger partial charge is 0.508 e. The van der Waals surface area contributed by atoms with Crippen molar-refractivity contribution in [3.8, 4) is 28.2 Å². The number of carboxylic acid groups (broad SMARTS) is 1. The number of aromatic hydroxyl groups is 1. The molecule has 2 N–H and O–H groups in total. The normalized spacial score (nSPS) is 11.4. The molecule has 28 heavy (non-hydrogen) atoms. The van der Waals surface area contributed by atoms with Crippen LogP contribution in [-0.2, 0) is 0 Å². The third kappa shape index (κ3) is 2.91. The minimum atomic E-state index is -1.04. The highest BCUT2D eigenvalue weighted by Gasteiger charge is 2.22. The lowest BCUT2D eigenvalue weighted by Crippen LogP contribution is -2.04. The number of aromatic carboxylic acids is 1. The summed E-state index contributed by atoms with van der Waals surface area (Å²) in [5.41, 5.74) is 3.18. The second-order valence-electron chi connectivity index (χ2n) is 7.08. The smallest absolute Gasteiger partial charge is 0.336 e. The second-order valence-corrected chi connectivity index (χ2v) is 7.08. The topological polar surface area (TPSA) is 87.7 Å². The quantitative estimate of drug-likeness (QED) is 0.488. The van der Waals surface area contributed by atoms with Crippen LogP contribution in [0.25, 0.3) is 33.4 Å². The van der Waals surface area contributed by atoms with Crippen LogP contribution in [0.4, 0.5) is 0 Å². The molecule has 1 heterocycles. The number of carboxylic acids is 1. The predicted octanol–water partition coefficient (Wildman–Crippen LogP) is 5.09. The van der Waals surface area contributed by atoms with Crippen LogP contribution >= 0.6 is 0 Å². The van der Waals surface area contributed by atoms with E-state index < -0.39 is 5.97 Å². The zero-order valence-electron chi connectivity index (χ0n) is 15.4. The molecule has 0 saturated heterocycles. The first-order valence-corrected chi connectivity index (χ1v) is 8.92. The molecule has 0 spiro atoms. The highest BCUT2D eigenvalue weighted by atomic mass is 16.4. The van der Waals surface area contributed by atoms with Crippen LogP contribution in [0.5, 0.6) is 5.75 Å². The average molecular weight is 374 g/mol. The molecule has 4 rings (SSSR count). The van der Waals surface area contributed by atoms with Gasteiger partial charge in [-0.25, -0.2) is 4.79 Å². The highest BCUT2D eigenvalue weighted by molar-refractivity contribution is 6.07. The molecule has 1 aliphatic heterocycles. The van der Waals surface area contributed by atoms with Gasteiger partial charge in [0.05, 0.1) is 5.56 Å². The van der Waals surface area contributed by atoms with Crippen LogP contribution in [0.3, 0.4) is 0 Å². The van der Waals surface area contributed by atoms with Gasteiger partial charge in [0.25, 0.3) is 0 Å². The van der Waals surface area contributed by atoms with E-state index >= 15 is 0 Å². The number of hydrogen-bond donors (Lipinski definition) is 2. The molecule has 5 heteroatoms. The summed E-state index contributed by atoms with van der Waals surface area (Å²) in [6.45, 7) is 4.08. The summed E-state index contributed by atoms with van der Waals surface area (Å²) in [4.78, 5) is 23.8. The summed E-state index contributed by atoms with van der Waals surface area (Å²) in [5, 5.41) is 20.3. The Morgan fingerprint density at radius 3 is 2.46 bits per heavy atom. The van der Waals surface area contributed by atoms with Crippen molar-refractivity contribution < 1.29 is 19.4 Å². The molecule has 2 aromatic carbocycles. The Bertz CT molecular complexity index is 1250. The van der Waals surface area contributed by atoms with Crippen molar-refractivity contribution in [2.45, 2.75) is 19.8 Å². The van der Waals surface area contributed by atoms with Gasteiger partial charge in [0.2, 0.25) is 0 Å². The molecule has 5 nitrogen and oxygen atoms in total. The standard InChI is InChI=1S/C23H18O5/c1-12(2)13-3-6-16(23(26)27)19(9-13)22-17-7-4-14(24)10-20(17)28-21-11-15(25)5-8-18(21)22/h3-12,24H,1-2H3,(H,26,27). The second kappa shape index (κ2) is 6.53. The molecule has 0 atom stereocenters. The molecule has 0 radical (unpaired) electrons. The molecular weight excluding hydrogens is 356 g/mol. The van der Waals surface area contributed by atoms with Gasteiger partial charge >= 0.3 is 5.97 Å². The average Bonchev–Trinajstić information content (AvgIpc) is 2.65. The van der Waals surface area contributed by atoms with Gasteiger partial charge in [0.1, 0.15) is 17.1 Å². The monoisotopic (exact) mass is 374 g/mol. The molecular formula is C23H18O5. The molecule has 2 aliphatic rings. The van der Waals surface area contributed by atoms with Crippen LogP contribution in [-0.4, -0.2) is 16.2 Å². The summed E-state index contributed by atoms with van der Waals surface area (Å²) in [7, 11) is 0. The molecule has 0 aromatic heterocycles. The Hall–Kier alpha value is -3.60. The SMILES string of the molecule is CC(C)c1ccc(C(=O)O)c(-c2c3ccc(=O)cc-3oc3cc(O)ccc23)c1. The Kier molecular flexibility index (Phi) is 4.15. The van der Waals surface area contributed by atoms with E-state index in [0.717, 1.165) is 5.56 Å². The van der Waals surface area contributed by atoms with E-state index in [1.54, 1.807) is 18.2 Å². The van der Waals surface area contributed by atoms with Gasteiger partial charge in [-0.15, -0.1) is 0 Å². The highest BCUT2D eigenvalue weighted by Crippen LogP contribution is 2.42. The minimum Gasteiger partial charge on any atom is -0.508 e. The van der Waals surface area contributed by atoms with Crippen LogP contribution in [0.1, 0.15) is 35.7 Å². The number of rotatable bonds is 3. The van der Waals surface area contributed by atoms with Gasteiger partial charge in [0, 0.05) is 28.6 Å². The van der Waals surface area contributed by atoms with Crippen molar-refractivity contribution in [3.05, 3.63) is 75.9 Å². The van der Waals surface area contributed by atoms with E-state index in [4.69, 9.17) is 4.42 Å². The fourth-order valence-corrected chi connectivity index (χ4v) is 3.46. The Balaban J connectivity index is 2.20. The fraction of sp³-hybridized carbons (Fsp3) is 0.130. The molecule has 0 bridgehead atoms. The van der Waals surface area contributed by atoms with Crippen LogP contribution < -0.4 is 5.43 Å². The van der Waals surface area contributed by atoms with Gasteiger partial charge in [-0.1, -0.05) is 19.9 Å². The Morgan fingerprint density at radius 1 is 0.964 bits per heavy atom. The summed E-state index contributed by atoms with van der Waals surface area (Å²) in [6, 6.07) is 14.4. The number of phenols is 1. The maximum absolute atomic E-state index is 11.9. The lowest BCUT2D eigenvalue weighted by Gasteiger charge is -2.18. The minimum absolute atomic E-state index is 0.0224. The van der Waals surface area contributed by atoms with Crippen molar-refractivity contribution in [1.29, 1.82) is 0 Å². The van der Waals surface area contributed by atoms with E-state index in [1.807, 2.05) is 26.0 Å². The Labute approximate surface area is 160 Å². The van der Waals surface area contributed by atoms with Crippen LogP contribution in [0.15, 0.2) is 63.8 Å². The van der Waals surface area contributed by atoms with Crippen molar-refractivity contribution in [2.24, 2.45) is 0 Å². The van der Waals surface area contributed by atoms with E-state index in [9.17, 15) is 19.8 Å². The molecule has 1 aliphatic carbocycles. The first-order chi connectivity index (χ1) is 13.3. The maximum atomic E-state index is 11.9. The van der Waals surface area contributed by atoms with Crippen LogP contribution in [0.2, 0.25) is 0 Å². The molecule has 2 aromatic rings. The van der Waals surface area contributed by atoms with Crippen LogP contribution in [0, 0.1) is 0 Å². The van der Waals surface area contributed by atoms with Crippen molar-refractivity contribution >= 4 is 16.9 Å². The van der Waals surface area contributed by atoms with Crippen molar-refractivity contribution in [2.75, 3.05) is 0 Å². The number of fused-ring (bicyclic) bond motifs is 2. The maximum Gasteiger partial charge on any atom is 0.336 e. The van der Waals surface area contributed by atoms with E-state index in [-0.39, 0.29) is 22.7 Å². The molecule has 0 unspecified atom stereocenters. The van der Waals surface area contributed by atoms with Gasteiger partial charge in [-0.05, 0) is 53.4 Å². The molecule has 140 valence electrons. The zero-order chi connectivity index (χ0) is 20.0. The lowest BCUT2D eigenvalue weighted by atomic mass is 9.88. The van der Waals surface area contributed by atoms with Crippen molar-refractivity contribution in [1.82, 2.24) is 0 Å². The van der Waals surface area contributed by atoms with Gasteiger partial charge in [-0.2, -0.15) is 0 Å². The lowest BCUT2D eigenvalue weighted by molar-refractivity contribution is 0.0697. The summed E-state index contributed by atoms with van der Waals surface area (Å²) >= 11 is 0. The zero-order valence-corrected chi connectivity index (χ0v) is 15.4. The third-order valence-corrected chi connectivity index (χ3v) is 4.89. The van der Waals surface area contributed by atoms with Crippen molar-refractivity contribution in [3.63, 3.8) is 0 Å². The molecule has 0 amide bonds. The van der Waals surface area contributed by atoms with Gasteiger partial charge in [0.15, 0.2) is 5.43 Å². The van der Waals surface area contributed by atoms with E-state index in [2.05, 4.69) is 0 Å². The molecule has 0 saturated carbocycles. The third-order valence-electron chi connectivity index (χ3n) is 4.89. The fourth-order valence-electron chi connectivity index (χ4n) is 3.46. The first-order valence-electron chi connectivity index (χ1n) is 8.92. The predicted molar refractivity (Wildman–Crippen MR) is 107 cm³/mol. The number of phenolic OH excluding ortho intramolecular Hbond substituents is 1. The van der Waals surface area contributed by atoms with Gasteiger partial charge < -0.3 is 14.6 Å². The van der Waals surface area contributed by atoms with E-state index in [1.165, 1.54) is 24.3 Å². The number of hydrogen-bond acceptors (Lipinski definition) is 4. The Morgan fingerprint density at radius 2 is 1.75 bits per heavy atom. The van der Waals surface area contributed by atoms with E-state index in [0.29, 0.717) is 33.4 Å². The number of carbonyl (C=O) groups is 1. The van der Waals surface area contributed by atoms with Gasteiger partial charge in [-0.3, -0.25) is 4.79 Å². The summed E-state index contributed by atoms with van der Waals surface area (Å²) in [6.07, 6.45) is 0. The molecule has 0 fully saturated rings. The first kappa shape index (κ1) is 17.8. The summed E-state index contributed by atoms with van der Waals surface area (Å²) in [5.74, 6) is -0.461. The summed E-state index contributed by atoms with van der Waals surface area (Å²) < 4.78 is 5.84. The number of benzene rings is 3.